The highest BCUT2D eigenvalue weighted by molar-refractivity contribution is 7.89. The van der Waals surface area contributed by atoms with Crippen molar-refractivity contribution < 1.29 is 22.7 Å². The Kier molecular flexibility index (Phi) is 8.90. The van der Waals surface area contributed by atoms with E-state index >= 15 is 0 Å². The van der Waals surface area contributed by atoms with E-state index in [0.717, 1.165) is 17.7 Å². The first kappa shape index (κ1) is 26.0. The third-order valence-corrected chi connectivity index (χ3v) is 7.16. The number of benzene rings is 3. The van der Waals surface area contributed by atoms with Crippen LogP contribution in [0.4, 0.5) is 10.1 Å². The monoisotopic (exact) mass is 524 g/mol. The molecule has 0 aromatic heterocycles. The molecule has 0 bridgehead atoms. The van der Waals surface area contributed by atoms with Crippen molar-refractivity contribution in [2.75, 3.05) is 17.7 Å². The second kappa shape index (κ2) is 11.7. The van der Waals surface area contributed by atoms with Crippen LogP contribution in [0.25, 0.3) is 0 Å². The molecule has 1 unspecified atom stereocenters. The smallest absolute Gasteiger partial charge is 0.337 e. The van der Waals surface area contributed by atoms with Gasteiger partial charge in [0.15, 0.2) is 0 Å². The lowest BCUT2D eigenvalue weighted by Gasteiger charge is -2.19. The fraction of sp³-hybridized carbons (Fsp3) is 0.208. The summed E-state index contributed by atoms with van der Waals surface area (Å²) in [6, 6.07) is 17.4. The number of carboxylic acids is 1. The number of carboxylic acid groups (broad SMARTS) is 1. The van der Waals surface area contributed by atoms with E-state index < -0.39 is 21.8 Å². The third kappa shape index (κ3) is 6.70. The third-order valence-electron chi connectivity index (χ3n) is 5.25. The van der Waals surface area contributed by atoms with Gasteiger partial charge in [0.2, 0.25) is 10.0 Å². The molecule has 0 fully saturated rings. The molecule has 0 aliphatic heterocycles. The van der Waals surface area contributed by atoms with E-state index in [1.54, 1.807) is 0 Å². The summed E-state index contributed by atoms with van der Waals surface area (Å²) in [5.41, 5.74) is 1.65. The number of anilines is 1. The number of halogens is 3. The fourth-order valence-electron chi connectivity index (χ4n) is 3.41. The quantitative estimate of drug-likeness (QED) is 0.288. The Morgan fingerprint density at radius 2 is 1.79 bits per heavy atom. The summed E-state index contributed by atoms with van der Waals surface area (Å²) in [5.74, 6) is -1.38. The second-order valence-corrected chi connectivity index (χ2v) is 10.1. The van der Waals surface area contributed by atoms with Gasteiger partial charge in [-0.3, -0.25) is 0 Å². The topological polar surface area (TPSA) is 95.5 Å². The van der Waals surface area contributed by atoms with Gasteiger partial charge < -0.3 is 10.4 Å². The molecule has 0 amide bonds. The van der Waals surface area contributed by atoms with E-state index in [1.807, 2.05) is 30.3 Å². The van der Waals surface area contributed by atoms with Crippen LogP contribution < -0.4 is 10.0 Å². The lowest BCUT2D eigenvalue weighted by molar-refractivity contribution is 0.0697. The molecule has 0 radical (unpaired) electrons. The van der Waals surface area contributed by atoms with Gasteiger partial charge in [-0.15, -0.1) is 11.6 Å². The van der Waals surface area contributed by atoms with Gasteiger partial charge >= 0.3 is 5.97 Å². The Balaban J connectivity index is 1.77. The van der Waals surface area contributed by atoms with Gasteiger partial charge in [0, 0.05) is 30.6 Å². The van der Waals surface area contributed by atoms with E-state index in [4.69, 9.17) is 23.2 Å². The number of alkyl halides is 1. The van der Waals surface area contributed by atoms with E-state index in [2.05, 4.69) is 10.0 Å². The SMILES string of the molecule is O=C(O)c1cc(S(=O)(=O)NCc2ccc(F)c(Cl)c2)ccc1NCC(CCCl)c1ccccc1. The second-order valence-electron chi connectivity index (χ2n) is 7.55. The van der Waals surface area contributed by atoms with Gasteiger partial charge in [-0.05, 0) is 47.9 Å². The Morgan fingerprint density at radius 1 is 1.06 bits per heavy atom. The molecular weight excluding hydrogens is 502 g/mol. The summed E-state index contributed by atoms with van der Waals surface area (Å²) >= 11 is 11.7. The average molecular weight is 525 g/mol. The zero-order chi connectivity index (χ0) is 24.7. The van der Waals surface area contributed by atoms with Crippen molar-refractivity contribution in [2.24, 2.45) is 0 Å². The largest absolute Gasteiger partial charge is 0.478 e. The Morgan fingerprint density at radius 3 is 2.44 bits per heavy atom. The minimum absolute atomic E-state index is 0.0490. The number of rotatable bonds is 11. The lowest BCUT2D eigenvalue weighted by Crippen LogP contribution is -2.24. The van der Waals surface area contributed by atoms with E-state index in [9.17, 15) is 22.7 Å². The molecule has 6 nitrogen and oxygen atoms in total. The van der Waals surface area contributed by atoms with Gasteiger partial charge in [-0.2, -0.15) is 0 Å². The maximum Gasteiger partial charge on any atom is 0.337 e. The fourth-order valence-corrected chi connectivity index (χ4v) is 4.92. The van der Waals surface area contributed by atoms with Crippen molar-refractivity contribution in [3.63, 3.8) is 0 Å². The van der Waals surface area contributed by atoms with Gasteiger partial charge in [0.05, 0.1) is 15.5 Å². The molecule has 3 aromatic carbocycles. The van der Waals surface area contributed by atoms with Crippen LogP contribution in [0.5, 0.6) is 0 Å². The van der Waals surface area contributed by atoms with Gasteiger partial charge in [0.1, 0.15) is 5.82 Å². The highest BCUT2D eigenvalue weighted by Gasteiger charge is 2.20. The summed E-state index contributed by atoms with van der Waals surface area (Å²) in [4.78, 5) is 11.7. The van der Waals surface area contributed by atoms with Gasteiger partial charge in [-0.1, -0.05) is 48.0 Å². The zero-order valence-corrected chi connectivity index (χ0v) is 20.3. The van der Waals surface area contributed by atoms with Crippen LogP contribution >= 0.6 is 23.2 Å². The average Bonchev–Trinajstić information content (AvgIpc) is 2.83. The predicted molar refractivity (Wildman–Crippen MR) is 132 cm³/mol. The lowest BCUT2D eigenvalue weighted by atomic mass is 9.96. The van der Waals surface area contributed by atoms with Crippen LogP contribution in [0.3, 0.4) is 0 Å². The van der Waals surface area contributed by atoms with Crippen LogP contribution in [0.1, 0.15) is 33.8 Å². The normalized spacial score (nSPS) is 12.3. The molecule has 0 saturated heterocycles. The number of sulfonamides is 1. The number of hydrogen-bond acceptors (Lipinski definition) is 4. The highest BCUT2D eigenvalue weighted by Crippen LogP contribution is 2.25. The molecule has 180 valence electrons. The van der Waals surface area contributed by atoms with Crippen LogP contribution in [0, 0.1) is 5.82 Å². The van der Waals surface area contributed by atoms with Crippen molar-refractivity contribution in [3.8, 4) is 0 Å². The van der Waals surface area contributed by atoms with Crippen molar-refractivity contribution >= 4 is 44.9 Å². The zero-order valence-electron chi connectivity index (χ0n) is 18.0. The molecular formula is C24H23Cl2FN2O4S. The minimum Gasteiger partial charge on any atom is -0.478 e. The van der Waals surface area contributed by atoms with Crippen molar-refractivity contribution in [1.29, 1.82) is 0 Å². The Bertz CT molecular complexity index is 1260. The Hall–Kier alpha value is -2.65. The molecule has 1 atom stereocenters. The summed E-state index contributed by atoms with van der Waals surface area (Å²) in [6.07, 6.45) is 0.685. The maximum absolute atomic E-state index is 13.3. The first-order valence-corrected chi connectivity index (χ1v) is 12.8. The first-order chi connectivity index (χ1) is 16.2. The highest BCUT2D eigenvalue weighted by atomic mass is 35.5. The van der Waals surface area contributed by atoms with Gasteiger partial charge in [-0.25, -0.2) is 22.3 Å². The summed E-state index contributed by atoms with van der Waals surface area (Å²) in [5, 5.41) is 12.7. The minimum atomic E-state index is -4.03. The van der Waals surface area contributed by atoms with Crippen molar-refractivity contribution in [2.45, 2.75) is 23.8 Å². The Labute approximate surface area is 207 Å². The number of carbonyl (C=O) groups is 1. The standard InChI is InChI=1S/C24H23Cl2FN2O4S/c25-11-10-18(17-4-2-1-3-5-17)15-28-23-9-7-19(13-20(23)24(30)31)34(32,33)29-14-16-6-8-22(27)21(26)12-16/h1-9,12-13,18,28-29H,10-11,14-15H2,(H,30,31). The molecule has 3 N–H and O–H groups in total. The molecule has 0 heterocycles. The molecule has 10 heteroatoms. The van der Waals surface area contributed by atoms with Crippen LogP contribution in [0.2, 0.25) is 5.02 Å². The summed E-state index contributed by atoms with van der Waals surface area (Å²) < 4.78 is 41.2. The molecule has 0 saturated carbocycles. The maximum atomic E-state index is 13.3. The summed E-state index contributed by atoms with van der Waals surface area (Å²) in [7, 11) is -4.03. The first-order valence-electron chi connectivity index (χ1n) is 10.4. The number of hydrogen-bond donors (Lipinski definition) is 3. The molecule has 0 spiro atoms. The van der Waals surface area contributed by atoms with Gasteiger partial charge in [0.25, 0.3) is 0 Å². The number of nitrogens with one attached hydrogen (secondary N) is 2. The van der Waals surface area contributed by atoms with Crippen molar-refractivity contribution in [1.82, 2.24) is 4.72 Å². The van der Waals surface area contributed by atoms with E-state index in [1.165, 1.54) is 24.3 Å². The molecule has 3 aromatic rings. The van der Waals surface area contributed by atoms with Crippen molar-refractivity contribution in [3.05, 3.63) is 94.3 Å². The molecule has 0 aliphatic carbocycles. The summed E-state index contributed by atoms with van der Waals surface area (Å²) in [6.45, 7) is 0.286. The molecule has 3 rings (SSSR count). The van der Waals surface area contributed by atoms with Crippen LogP contribution in [-0.2, 0) is 16.6 Å². The van der Waals surface area contributed by atoms with Crippen LogP contribution in [-0.4, -0.2) is 31.9 Å². The molecule has 34 heavy (non-hydrogen) atoms. The van der Waals surface area contributed by atoms with Crippen LogP contribution in [0.15, 0.2) is 71.6 Å². The molecule has 0 aliphatic rings. The van der Waals surface area contributed by atoms with E-state index in [-0.39, 0.29) is 27.9 Å². The van der Waals surface area contributed by atoms with E-state index in [0.29, 0.717) is 30.1 Å². The number of aromatic carboxylic acids is 1. The predicted octanol–water partition coefficient (Wildman–Crippen LogP) is 5.48.